The molecular weight excluding hydrogens is 466 g/mol. The van der Waals surface area contributed by atoms with E-state index in [1.165, 1.54) is 31.3 Å². The van der Waals surface area contributed by atoms with Crippen LogP contribution in [-0.2, 0) is 19.6 Å². The van der Waals surface area contributed by atoms with Gasteiger partial charge in [0.15, 0.2) is 0 Å². The van der Waals surface area contributed by atoms with Gasteiger partial charge in [-0.05, 0) is 55.9 Å². The molecule has 2 fully saturated rings. The average Bonchev–Trinajstić information content (AvgIpc) is 3.32. The van der Waals surface area contributed by atoms with Crippen molar-refractivity contribution in [2.45, 2.75) is 62.7 Å². The Hall–Kier alpha value is -1.68. The summed E-state index contributed by atoms with van der Waals surface area (Å²) in [4.78, 5) is 27.9. The lowest BCUT2D eigenvalue weighted by Gasteiger charge is -2.32. The number of rotatable bonds is 9. The number of hydrogen-bond acceptors (Lipinski definition) is 5. The lowest BCUT2D eigenvalue weighted by Crippen LogP contribution is -2.44. The van der Waals surface area contributed by atoms with Gasteiger partial charge < -0.3 is 4.90 Å². The molecule has 0 radical (unpaired) electrons. The fraction of sp³-hybridized carbons (Fsp3) is 0.652. The number of benzene rings is 1. The number of nitrogens with zero attached hydrogens (tertiary/aromatic N) is 3. The van der Waals surface area contributed by atoms with Crippen molar-refractivity contribution in [2.75, 3.05) is 26.8 Å². The Morgan fingerprint density at radius 2 is 1.70 bits per heavy atom. The first-order chi connectivity index (χ1) is 15.7. The summed E-state index contributed by atoms with van der Waals surface area (Å²) in [5, 5.41) is 11.2. The van der Waals surface area contributed by atoms with Gasteiger partial charge in [0.1, 0.15) is 6.67 Å². The number of hydrogen-bond donors (Lipinski definition) is 1. The second-order valence-corrected chi connectivity index (χ2v) is 11.6. The number of carbonyl (C=O) groups is 2. The largest absolute Gasteiger partial charge is 0.342 e. The lowest BCUT2D eigenvalue weighted by atomic mass is 9.89. The Kier molecular flexibility index (Phi) is 9.15. The van der Waals surface area contributed by atoms with E-state index in [-0.39, 0.29) is 17.2 Å². The number of likely N-dealkylation sites (tertiary alicyclic amines) is 1. The molecule has 1 saturated carbocycles. The van der Waals surface area contributed by atoms with E-state index in [1.807, 2.05) is 4.90 Å². The van der Waals surface area contributed by atoms with E-state index in [4.69, 9.17) is 11.6 Å². The van der Waals surface area contributed by atoms with E-state index >= 15 is 0 Å². The predicted octanol–water partition coefficient (Wildman–Crippen LogP) is 3.73. The maximum atomic E-state index is 13.2. The second-order valence-electron chi connectivity index (χ2n) is 9.16. The molecule has 184 valence electrons. The number of carbonyl (C=O) groups excluding carboxylic acids is 2. The van der Waals surface area contributed by atoms with Crippen LogP contribution in [0.2, 0.25) is 5.02 Å². The predicted molar refractivity (Wildman–Crippen MR) is 125 cm³/mol. The molecule has 1 aromatic carbocycles. The van der Waals surface area contributed by atoms with Crippen molar-refractivity contribution in [3.05, 3.63) is 29.3 Å². The molecule has 1 heterocycles. The second kappa shape index (κ2) is 11.6. The molecular formula is C23H34ClN3O5S. The third kappa shape index (κ3) is 6.91. The normalized spacial score (nSPS) is 18.5. The fourth-order valence-electron chi connectivity index (χ4n) is 4.74. The maximum absolute atomic E-state index is 13.2. The van der Waals surface area contributed by atoms with Gasteiger partial charge in [0, 0.05) is 37.5 Å². The first kappa shape index (κ1) is 25.9. The molecule has 10 heteroatoms. The van der Waals surface area contributed by atoms with Crippen LogP contribution in [-0.4, -0.2) is 66.5 Å². The van der Waals surface area contributed by atoms with Gasteiger partial charge in [-0.1, -0.05) is 37.3 Å². The van der Waals surface area contributed by atoms with Crippen LogP contribution in [0.1, 0.15) is 57.8 Å². The average molecular weight is 500 g/mol. The van der Waals surface area contributed by atoms with Crippen molar-refractivity contribution in [3.8, 4) is 0 Å². The Labute approximate surface area is 201 Å². The van der Waals surface area contributed by atoms with Crippen LogP contribution in [0.25, 0.3) is 0 Å². The first-order valence-electron chi connectivity index (χ1n) is 11.7. The molecule has 0 unspecified atom stereocenters. The topological polar surface area (TPSA) is 98.2 Å². The number of halogens is 1. The zero-order valence-corrected chi connectivity index (χ0v) is 20.7. The van der Waals surface area contributed by atoms with Crippen molar-refractivity contribution < 1.29 is 23.2 Å². The SMILES string of the molecule is CN(CN(O)C(=O)C[C@@H](CC1CCCC1)C(=O)N1CCCCC1)S(=O)(=O)c1ccc(Cl)cc1. The Morgan fingerprint density at radius 3 is 2.30 bits per heavy atom. The molecule has 1 aromatic rings. The molecule has 1 aliphatic heterocycles. The number of piperidine rings is 1. The molecule has 0 bridgehead atoms. The lowest BCUT2D eigenvalue weighted by molar-refractivity contribution is -0.172. The highest BCUT2D eigenvalue weighted by atomic mass is 35.5. The fourth-order valence-corrected chi connectivity index (χ4v) is 5.97. The third-order valence-electron chi connectivity index (χ3n) is 6.67. The zero-order chi connectivity index (χ0) is 24.0. The van der Waals surface area contributed by atoms with Gasteiger partial charge in [-0.2, -0.15) is 4.31 Å². The maximum Gasteiger partial charge on any atom is 0.247 e. The molecule has 2 amide bonds. The summed E-state index contributed by atoms with van der Waals surface area (Å²) in [6, 6.07) is 5.66. The molecule has 0 spiro atoms. The summed E-state index contributed by atoms with van der Waals surface area (Å²) in [6.45, 7) is 0.885. The molecule has 0 aromatic heterocycles. The van der Waals surface area contributed by atoms with Crippen molar-refractivity contribution >= 4 is 33.4 Å². The summed E-state index contributed by atoms with van der Waals surface area (Å²) in [7, 11) is -2.63. The van der Waals surface area contributed by atoms with E-state index in [1.54, 1.807) is 0 Å². The molecule has 1 N–H and O–H groups in total. The third-order valence-corrected chi connectivity index (χ3v) is 8.73. The molecule has 3 rings (SSSR count). The van der Waals surface area contributed by atoms with Crippen molar-refractivity contribution in [1.82, 2.24) is 14.3 Å². The van der Waals surface area contributed by atoms with Gasteiger partial charge in [-0.25, -0.2) is 13.5 Å². The summed E-state index contributed by atoms with van der Waals surface area (Å²) >= 11 is 5.83. The Morgan fingerprint density at radius 1 is 1.09 bits per heavy atom. The highest BCUT2D eigenvalue weighted by Crippen LogP contribution is 2.33. The minimum atomic E-state index is -3.92. The van der Waals surface area contributed by atoms with Crippen LogP contribution in [0.3, 0.4) is 0 Å². The first-order valence-corrected chi connectivity index (χ1v) is 13.5. The van der Waals surface area contributed by atoms with Gasteiger partial charge in [-0.15, -0.1) is 0 Å². The molecule has 1 atom stereocenters. The smallest absolute Gasteiger partial charge is 0.247 e. The van der Waals surface area contributed by atoms with Gasteiger partial charge >= 0.3 is 0 Å². The van der Waals surface area contributed by atoms with Gasteiger partial charge in [-0.3, -0.25) is 14.8 Å². The van der Waals surface area contributed by atoms with Gasteiger partial charge in [0.2, 0.25) is 21.8 Å². The van der Waals surface area contributed by atoms with Crippen LogP contribution in [0.4, 0.5) is 0 Å². The Balaban J connectivity index is 1.64. The molecule has 33 heavy (non-hydrogen) atoms. The number of hydroxylamine groups is 2. The summed E-state index contributed by atoms with van der Waals surface area (Å²) in [6.07, 6.45) is 7.95. The van der Waals surface area contributed by atoms with Crippen molar-refractivity contribution in [3.63, 3.8) is 0 Å². The molecule has 2 aliphatic rings. The Bertz CT molecular complexity index is 913. The van der Waals surface area contributed by atoms with Crippen LogP contribution in [0.15, 0.2) is 29.2 Å². The van der Waals surface area contributed by atoms with E-state index in [0.717, 1.165) is 49.3 Å². The van der Waals surface area contributed by atoms with E-state index in [0.29, 0.717) is 35.5 Å². The molecule has 8 nitrogen and oxygen atoms in total. The van der Waals surface area contributed by atoms with Crippen LogP contribution in [0.5, 0.6) is 0 Å². The van der Waals surface area contributed by atoms with E-state index in [9.17, 15) is 23.2 Å². The molecule has 1 aliphatic carbocycles. The van der Waals surface area contributed by atoms with Crippen LogP contribution in [0, 0.1) is 11.8 Å². The summed E-state index contributed by atoms with van der Waals surface area (Å²) in [5.74, 6) is -0.754. The van der Waals surface area contributed by atoms with Gasteiger partial charge in [0.25, 0.3) is 0 Å². The van der Waals surface area contributed by atoms with E-state index < -0.39 is 28.5 Å². The minimum absolute atomic E-state index is 0.00892. The van der Waals surface area contributed by atoms with Crippen molar-refractivity contribution in [2.24, 2.45) is 11.8 Å². The summed E-state index contributed by atoms with van der Waals surface area (Å²) < 4.78 is 26.4. The summed E-state index contributed by atoms with van der Waals surface area (Å²) in [5.41, 5.74) is 0. The highest BCUT2D eigenvalue weighted by molar-refractivity contribution is 7.89. The monoisotopic (exact) mass is 499 g/mol. The quantitative estimate of drug-likeness (QED) is 0.317. The molecule has 1 saturated heterocycles. The van der Waals surface area contributed by atoms with Crippen LogP contribution < -0.4 is 0 Å². The minimum Gasteiger partial charge on any atom is -0.342 e. The van der Waals surface area contributed by atoms with Crippen molar-refractivity contribution in [1.29, 1.82) is 0 Å². The standard InChI is InChI=1S/C23H34ClN3O5S/c1-25(33(31,32)21-11-9-20(24)10-12-21)17-27(30)22(28)16-19(15-18-7-3-4-8-18)23(29)26-13-5-2-6-14-26/h9-12,18-19,30H,2-8,13-17H2,1H3/t19-/m1/s1. The number of sulfonamides is 1. The van der Waals surface area contributed by atoms with Crippen LogP contribution >= 0.6 is 11.6 Å². The van der Waals surface area contributed by atoms with E-state index in [2.05, 4.69) is 0 Å². The number of amides is 2. The zero-order valence-electron chi connectivity index (χ0n) is 19.2. The highest BCUT2D eigenvalue weighted by Gasteiger charge is 2.33. The van der Waals surface area contributed by atoms with Gasteiger partial charge in [0.05, 0.1) is 4.90 Å².